The van der Waals surface area contributed by atoms with E-state index in [1.807, 2.05) is 0 Å². The third-order valence-electron chi connectivity index (χ3n) is 4.90. The number of anilines is 1. The van der Waals surface area contributed by atoms with Crippen LogP contribution in [0.5, 0.6) is 5.75 Å². The number of thioether (sulfide) groups is 1. The molecule has 2 aliphatic rings. The molecule has 0 aromatic heterocycles. The summed E-state index contributed by atoms with van der Waals surface area (Å²) in [5.74, 6) is -1.61. The van der Waals surface area contributed by atoms with E-state index >= 15 is 0 Å². The molecule has 4 rings (SSSR count). The molecule has 1 amide bonds. The number of aliphatic imine (C=N–C) groups is 1. The Hall–Kier alpha value is -2.60. The maximum absolute atomic E-state index is 13.1. The number of rotatable bonds is 4. The van der Waals surface area contributed by atoms with Gasteiger partial charge in [0, 0.05) is 10.9 Å². The summed E-state index contributed by atoms with van der Waals surface area (Å²) < 4.78 is 78.4. The van der Waals surface area contributed by atoms with E-state index in [4.69, 9.17) is 0 Å². The fraction of sp³-hybridized carbons (Fsp3) is 0.300. The molecule has 2 fully saturated rings. The fourth-order valence-corrected chi connectivity index (χ4v) is 7.53. The largest absolute Gasteiger partial charge is 0.573 e. The number of hydrogen-bond acceptors (Lipinski definition) is 5. The predicted octanol–water partition coefficient (Wildman–Crippen LogP) is 3.57. The maximum atomic E-state index is 13.1. The van der Waals surface area contributed by atoms with E-state index in [1.165, 1.54) is 36.4 Å². The Morgan fingerprint density at radius 2 is 1.75 bits per heavy atom. The molecule has 2 aromatic rings. The molecule has 0 bridgehead atoms. The summed E-state index contributed by atoms with van der Waals surface area (Å²) >= 11 is 1.15. The molecule has 2 aromatic carbocycles. The first-order valence-corrected chi connectivity index (χ1v) is 12.1. The lowest BCUT2D eigenvalue weighted by atomic mass is 10.1. The Morgan fingerprint density at radius 3 is 2.38 bits per heavy atom. The van der Waals surface area contributed by atoms with Gasteiger partial charge in [0.15, 0.2) is 15.0 Å². The summed E-state index contributed by atoms with van der Waals surface area (Å²) in [5, 5.41) is -0.0880. The number of hydrogen-bond donors (Lipinski definition) is 0. The lowest BCUT2D eigenvalue weighted by Crippen LogP contribution is -2.37. The van der Waals surface area contributed by atoms with Crippen LogP contribution in [0.15, 0.2) is 53.5 Å². The van der Waals surface area contributed by atoms with E-state index in [-0.39, 0.29) is 28.3 Å². The molecule has 2 atom stereocenters. The van der Waals surface area contributed by atoms with Crippen LogP contribution in [0.1, 0.15) is 5.56 Å². The Morgan fingerprint density at radius 1 is 1.09 bits per heavy atom. The number of sulfone groups is 1. The molecule has 12 heteroatoms. The number of carbonyl (C=O) groups excluding carboxylic acids is 1. The van der Waals surface area contributed by atoms with Crippen molar-refractivity contribution in [3.63, 3.8) is 0 Å². The Kier molecular flexibility index (Phi) is 5.93. The number of fused-ring (bicyclic) bond motifs is 1. The maximum Gasteiger partial charge on any atom is 0.573 e. The van der Waals surface area contributed by atoms with E-state index in [1.54, 1.807) is 4.90 Å². The van der Waals surface area contributed by atoms with Crippen LogP contribution in [-0.2, 0) is 21.1 Å². The lowest BCUT2D eigenvalue weighted by Gasteiger charge is -2.24. The van der Waals surface area contributed by atoms with Gasteiger partial charge < -0.3 is 9.64 Å². The zero-order chi connectivity index (χ0) is 23.1. The minimum absolute atomic E-state index is 0.0792. The molecular weight excluding hydrogens is 472 g/mol. The summed E-state index contributed by atoms with van der Waals surface area (Å²) in [7, 11) is -3.29. The number of amides is 1. The van der Waals surface area contributed by atoms with Gasteiger partial charge in [-0.25, -0.2) is 12.8 Å². The van der Waals surface area contributed by atoms with Gasteiger partial charge >= 0.3 is 6.36 Å². The Balaban J connectivity index is 1.60. The highest BCUT2D eigenvalue weighted by Gasteiger charge is 2.49. The number of benzene rings is 2. The minimum Gasteiger partial charge on any atom is -0.406 e. The van der Waals surface area contributed by atoms with Crippen molar-refractivity contribution in [1.29, 1.82) is 0 Å². The van der Waals surface area contributed by atoms with Gasteiger partial charge in [-0.2, -0.15) is 4.99 Å². The molecule has 2 aliphatic heterocycles. The zero-order valence-corrected chi connectivity index (χ0v) is 17.9. The average molecular weight is 488 g/mol. The van der Waals surface area contributed by atoms with E-state index in [0.717, 1.165) is 23.9 Å². The summed E-state index contributed by atoms with van der Waals surface area (Å²) in [6.45, 7) is 0. The van der Waals surface area contributed by atoms with Gasteiger partial charge in [0.05, 0.1) is 24.0 Å². The molecule has 0 radical (unpaired) electrons. The standard InChI is InChI=1S/C20H16F4N2O4S2/c21-13-3-1-12(2-4-13)9-18(27)25-19-26(16-10-32(28,29)11-17(16)31-19)14-5-7-15(8-6-14)30-20(22,23)24/h1-8,16-17H,9-11H2. The highest BCUT2D eigenvalue weighted by atomic mass is 32.2. The van der Waals surface area contributed by atoms with Crippen molar-refractivity contribution in [2.24, 2.45) is 4.99 Å². The van der Waals surface area contributed by atoms with Crippen LogP contribution in [0.25, 0.3) is 0 Å². The predicted molar refractivity (Wildman–Crippen MR) is 112 cm³/mol. The lowest BCUT2D eigenvalue weighted by molar-refractivity contribution is -0.274. The minimum atomic E-state index is -4.84. The van der Waals surface area contributed by atoms with Crippen molar-refractivity contribution in [1.82, 2.24) is 0 Å². The van der Waals surface area contributed by atoms with E-state index in [0.29, 0.717) is 11.3 Å². The normalized spacial score (nSPS) is 23.4. The summed E-state index contributed by atoms with van der Waals surface area (Å²) in [4.78, 5) is 18.2. The van der Waals surface area contributed by atoms with E-state index < -0.39 is 39.7 Å². The van der Waals surface area contributed by atoms with Crippen LogP contribution >= 0.6 is 11.8 Å². The van der Waals surface area contributed by atoms with Crippen LogP contribution < -0.4 is 9.64 Å². The number of carbonyl (C=O) groups is 1. The highest BCUT2D eigenvalue weighted by Crippen LogP contribution is 2.41. The van der Waals surface area contributed by atoms with Crippen LogP contribution in [0, 0.1) is 5.82 Å². The van der Waals surface area contributed by atoms with Crippen LogP contribution in [0.3, 0.4) is 0 Å². The summed E-state index contributed by atoms with van der Waals surface area (Å²) in [6.07, 6.45) is -4.92. The number of nitrogens with zero attached hydrogens (tertiary/aromatic N) is 2. The van der Waals surface area contributed by atoms with Crippen molar-refractivity contribution < 1.29 is 35.5 Å². The van der Waals surface area contributed by atoms with Gasteiger partial charge in [0.2, 0.25) is 0 Å². The molecule has 2 heterocycles. The molecule has 170 valence electrons. The van der Waals surface area contributed by atoms with Gasteiger partial charge in [-0.15, -0.1) is 13.2 Å². The van der Waals surface area contributed by atoms with Crippen molar-refractivity contribution >= 4 is 38.4 Å². The first-order valence-electron chi connectivity index (χ1n) is 9.37. The molecule has 6 nitrogen and oxygen atoms in total. The van der Waals surface area contributed by atoms with Crippen LogP contribution in [0.4, 0.5) is 23.2 Å². The molecule has 0 saturated carbocycles. The summed E-state index contributed by atoms with van der Waals surface area (Å²) in [6, 6.07) is 9.82. The first kappa shape index (κ1) is 22.6. The molecule has 0 spiro atoms. The SMILES string of the molecule is O=C(Cc1ccc(F)cc1)N=C1SC2CS(=O)(=O)CC2N1c1ccc(OC(F)(F)F)cc1. The average Bonchev–Trinajstić information content (AvgIpc) is 3.14. The highest BCUT2D eigenvalue weighted by molar-refractivity contribution is 8.16. The summed E-state index contributed by atoms with van der Waals surface area (Å²) in [5.41, 5.74) is 0.955. The quantitative estimate of drug-likeness (QED) is 0.613. The third-order valence-corrected chi connectivity index (χ3v) is 8.11. The molecule has 0 N–H and O–H groups in total. The second-order valence-electron chi connectivity index (χ2n) is 7.30. The van der Waals surface area contributed by atoms with Gasteiger partial charge in [-0.3, -0.25) is 4.79 Å². The number of amidine groups is 1. The zero-order valence-electron chi connectivity index (χ0n) is 16.3. The van der Waals surface area contributed by atoms with Gasteiger partial charge in [-0.1, -0.05) is 23.9 Å². The third kappa shape index (κ3) is 5.23. The van der Waals surface area contributed by atoms with Crippen molar-refractivity contribution in [3.8, 4) is 5.75 Å². The van der Waals surface area contributed by atoms with Gasteiger partial charge in [0.25, 0.3) is 5.91 Å². The first-order chi connectivity index (χ1) is 15.0. The second kappa shape index (κ2) is 8.39. The van der Waals surface area contributed by atoms with Gasteiger partial charge in [0.1, 0.15) is 11.6 Å². The van der Waals surface area contributed by atoms with Gasteiger partial charge in [-0.05, 0) is 42.0 Å². The van der Waals surface area contributed by atoms with Crippen molar-refractivity contribution in [3.05, 3.63) is 59.9 Å². The fourth-order valence-electron chi connectivity index (χ4n) is 3.60. The smallest absolute Gasteiger partial charge is 0.406 e. The molecule has 32 heavy (non-hydrogen) atoms. The van der Waals surface area contributed by atoms with Crippen molar-refractivity contribution in [2.45, 2.75) is 24.1 Å². The molecular formula is C20H16F4N2O4S2. The van der Waals surface area contributed by atoms with E-state index in [9.17, 15) is 30.8 Å². The van der Waals surface area contributed by atoms with E-state index in [2.05, 4.69) is 9.73 Å². The van der Waals surface area contributed by atoms with Crippen molar-refractivity contribution in [2.75, 3.05) is 16.4 Å². The number of halogens is 4. The molecule has 2 unspecified atom stereocenters. The molecule has 0 aliphatic carbocycles. The van der Waals surface area contributed by atoms with Crippen LogP contribution in [-0.4, -0.2) is 48.7 Å². The number of alkyl halides is 3. The monoisotopic (exact) mass is 488 g/mol. The Labute approximate surface area is 185 Å². The van der Waals surface area contributed by atoms with Crippen LogP contribution in [0.2, 0.25) is 0 Å². The second-order valence-corrected chi connectivity index (χ2v) is 10.7. The Bertz CT molecular complexity index is 1150. The topological polar surface area (TPSA) is 76.0 Å². The molecule has 2 saturated heterocycles. The number of ether oxygens (including phenoxy) is 1.